The molecule has 2 heterocycles. The van der Waals surface area contributed by atoms with Crippen molar-refractivity contribution in [2.45, 2.75) is 25.6 Å². The molecule has 3 nitrogen and oxygen atoms in total. The first kappa shape index (κ1) is 11.6. The minimum Gasteiger partial charge on any atom is -0.388 e. The van der Waals surface area contributed by atoms with Crippen molar-refractivity contribution in [1.29, 1.82) is 0 Å². The summed E-state index contributed by atoms with van der Waals surface area (Å²) >= 11 is 0. The molecular weight excluding hydrogens is 226 g/mol. The molecule has 3 heteroatoms. The molecule has 3 unspecified atom stereocenters. The van der Waals surface area contributed by atoms with Gasteiger partial charge in [0.15, 0.2) is 0 Å². The normalized spacial score (nSPS) is 25.4. The summed E-state index contributed by atoms with van der Waals surface area (Å²) in [6, 6.07) is 8.04. The van der Waals surface area contributed by atoms with Crippen molar-refractivity contribution in [1.82, 2.24) is 4.98 Å². The summed E-state index contributed by atoms with van der Waals surface area (Å²) in [5, 5.41) is 12.7. The molecule has 2 aromatic rings. The Morgan fingerprint density at radius 1 is 1.33 bits per heavy atom. The minimum atomic E-state index is -0.499. The largest absolute Gasteiger partial charge is 0.388 e. The van der Waals surface area contributed by atoms with Gasteiger partial charge in [0.05, 0.1) is 12.2 Å². The lowest BCUT2D eigenvalue weighted by Gasteiger charge is -2.22. The number of hydrogen-bond donors (Lipinski definition) is 1. The number of nitrogens with zero attached hydrogens (tertiary/aromatic N) is 1. The van der Waals surface area contributed by atoms with E-state index in [0.717, 1.165) is 29.4 Å². The number of aliphatic hydroxyl groups excluding tert-OH is 1. The Balaban J connectivity index is 2.03. The monoisotopic (exact) mass is 243 g/mol. The second-order valence-electron chi connectivity index (χ2n) is 4.92. The quantitative estimate of drug-likeness (QED) is 0.881. The summed E-state index contributed by atoms with van der Waals surface area (Å²) in [6.07, 6.45) is 4.13. The van der Waals surface area contributed by atoms with Crippen molar-refractivity contribution in [2.75, 3.05) is 6.61 Å². The van der Waals surface area contributed by atoms with E-state index in [-0.39, 0.29) is 12.0 Å². The Hall–Kier alpha value is -1.45. The van der Waals surface area contributed by atoms with Gasteiger partial charge in [-0.1, -0.05) is 24.3 Å². The molecule has 1 aliphatic rings. The molecule has 1 aromatic carbocycles. The van der Waals surface area contributed by atoms with Crippen molar-refractivity contribution < 1.29 is 9.84 Å². The maximum atomic E-state index is 10.6. The lowest BCUT2D eigenvalue weighted by Crippen LogP contribution is -2.20. The molecule has 0 aliphatic carbocycles. The van der Waals surface area contributed by atoms with E-state index in [1.54, 1.807) is 6.20 Å². The highest BCUT2D eigenvalue weighted by Crippen LogP contribution is 2.35. The van der Waals surface area contributed by atoms with Crippen LogP contribution in [0.15, 0.2) is 36.7 Å². The van der Waals surface area contributed by atoms with Crippen LogP contribution in [-0.4, -0.2) is 22.8 Å². The third-order valence-corrected chi connectivity index (χ3v) is 3.86. The van der Waals surface area contributed by atoms with Gasteiger partial charge in [-0.05, 0) is 18.7 Å². The van der Waals surface area contributed by atoms with Crippen LogP contribution in [0.3, 0.4) is 0 Å². The minimum absolute atomic E-state index is 0.110. The van der Waals surface area contributed by atoms with E-state index < -0.39 is 6.10 Å². The van der Waals surface area contributed by atoms with E-state index in [1.807, 2.05) is 37.4 Å². The van der Waals surface area contributed by atoms with E-state index in [0.29, 0.717) is 0 Å². The van der Waals surface area contributed by atoms with Crippen molar-refractivity contribution in [3.05, 3.63) is 42.2 Å². The van der Waals surface area contributed by atoms with E-state index in [1.165, 1.54) is 0 Å². The molecule has 0 radical (unpaired) electrons. The van der Waals surface area contributed by atoms with Crippen LogP contribution in [0.5, 0.6) is 0 Å². The number of hydrogen-bond acceptors (Lipinski definition) is 3. The third kappa shape index (κ3) is 1.89. The topological polar surface area (TPSA) is 42.4 Å². The van der Waals surface area contributed by atoms with Gasteiger partial charge in [0, 0.05) is 35.9 Å². The molecule has 1 N–H and O–H groups in total. The highest BCUT2D eigenvalue weighted by atomic mass is 16.5. The van der Waals surface area contributed by atoms with Crippen LogP contribution in [-0.2, 0) is 4.74 Å². The number of rotatable bonds is 2. The zero-order chi connectivity index (χ0) is 12.5. The summed E-state index contributed by atoms with van der Waals surface area (Å²) in [4.78, 5) is 4.23. The molecule has 3 atom stereocenters. The summed E-state index contributed by atoms with van der Waals surface area (Å²) in [7, 11) is 0. The number of fused-ring (bicyclic) bond motifs is 1. The standard InChI is InChI=1S/C15H17NO2/c1-10-12(6-7-18-10)15(17)14-9-16-8-11-4-2-3-5-13(11)14/h2-5,8-10,12,15,17H,6-7H2,1H3. The Morgan fingerprint density at radius 2 is 2.17 bits per heavy atom. The van der Waals surface area contributed by atoms with Crippen LogP contribution >= 0.6 is 0 Å². The summed E-state index contributed by atoms with van der Waals surface area (Å²) in [5.74, 6) is 0.164. The molecule has 18 heavy (non-hydrogen) atoms. The Bertz CT molecular complexity index is 550. The molecule has 1 saturated heterocycles. The number of pyridine rings is 1. The maximum Gasteiger partial charge on any atom is 0.0864 e. The van der Waals surface area contributed by atoms with Gasteiger partial charge in [0.1, 0.15) is 0 Å². The second-order valence-corrected chi connectivity index (χ2v) is 4.92. The smallest absolute Gasteiger partial charge is 0.0864 e. The molecule has 94 valence electrons. The average molecular weight is 243 g/mol. The zero-order valence-electron chi connectivity index (χ0n) is 10.4. The van der Waals surface area contributed by atoms with Gasteiger partial charge in [-0.15, -0.1) is 0 Å². The van der Waals surface area contributed by atoms with Gasteiger partial charge < -0.3 is 9.84 Å². The van der Waals surface area contributed by atoms with E-state index in [2.05, 4.69) is 4.98 Å². The number of benzene rings is 1. The first-order valence-electron chi connectivity index (χ1n) is 6.39. The van der Waals surface area contributed by atoms with E-state index >= 15 is 0 Å². The van der Waals surface area contributed by atoms with Crippen LogP contribution in [0.4, 0.5) is 0 Å². The lowest BCUT2D eigenvalue weighted by molar-refractivity contribution is 0.0437. The van der Waals surface area contributed by atoms with E-state index in [9.17, 15) is 5.11 Å². The molecule has 3 rings (SSSR count). The highest BCUT2D eigenvalue weighted by molar-refractivity contribution is 5.84. The van der Waals surface area contributed by atoms with Crippen molar-refractivity contribution >= 4 is 10.8 Å². The summed E-state index contributed by atoms with van der Waals surface area (Å²) in [6.45, 7) is 2.76. The molecule has 1 fully saturated rings. The summed E-state index contributed by atoms with van der Waals surface area (Å²) < 4.78 is 5.54. The Morgan fingerprint density at radius 3 is 2.94 bits per heavy atom. The predicted molar refractivity (Wildman–Crippen MR) is 70.2 cm³/mol. The van der Waals surface area contributed by atoms with Gasteiger partial charge in [-0.3, -0.25) is 4.98 Å². The lowest BCUT2D eigenvalue weighted by atomic mass is 9.89. The number of aromatic nitrogens is 1. The molecule has 1 aliphatic heterocycles. The fourth-order valence-corrected chi connectivity index (χ4v) is 2.77. The number of ether oxygens (including phenoxy) is 1. The molecule has 0 saturated carbocycles. The Labute approximate surface area is 106 Å². The zero-order valence-corrected chi connectivity index (χ0v) is 10.4. The van der Waals surface area contributed by atoms with Crippen LogP contribution in [0, 0.1) is 5.92 Å². The van der Waals surface area contributed by atoms with Crippen molar-refractivity contribution in [3.63, 3.8) is 0 Å². The van der Waals surface area contributed by atoms with Crippen LogP contribution < -0.4 is 0 Å². The SMILES string of the molecule is CC1OCCC1C(O)c1cncc2ccccc12. The van der Waals surface area contributed by atoms with Crippen LogP contribution in [0.1, 0.15) is 25.0 Å². The average Bonchev–Trinajstić information content (AvgIpc) is 2.83. The predicted octanol–water partition coefficient (Wildman–Crippen LogP) is 2.69. The van der Waals surface area contributed by atoms with Crippen LogP contribution in [0.2, 0.25) is 0 Å². The summed E-state index contributed by atoms with van der Waals surface area (Å²) in [5.41, 5.74) is 0.912. The van der Waals surface area contributed by atoms with Crippen LogP contribution in [0.25, 0.3) is 10.8 Å². The molecule has 0 amide bonds. The van der Waals surface area contributed by atoms with Gasteiger partial charge in [0.25, 0.3) is 0 Å². The molecular formula is C15H17NO2. The molecule has 1 aromatic heterocycles. The molecule has 0 spiro atoms. The number of aliphatic hydroxyl groups is 1. The van der Waals surface area contributed by atoms with Gasteiger partial charge in [-0.25, -0.2) is 0 Å². The van der Waals surface area contributed by atoms with E-state index in [4.69, 9.17) is 4.74 Å². The van der Waals surface area contributed by atoms with Gasteiger partial charge >= 0.3 is 0 Å². The fourth-order valence-electron chi connectivity index (χ4n) is 2.77. The second kappa shape index (κ2) is 4.67. The van der Waals surface area contributed by atoms with Crippen molar-refractivity contribution in [3.8, 4) is 0 Å². The van der Waals surface area contributed by atoms with Gasteiger partial charge in [0.2, 0.25) is 0 Å². The maximum absolute atomic E-state index is 10.6. The first-order chi connectivity index (χ1) is 8.77. The Kier molecular flexibility index (Phi) is 3.02. The first-order valence-corrected chi connectivity index (χ1v) is 6.39. The van der Waals surface area contributed by atoms with Gasteiger partial charge in [-0.2, -0.15) is 0 Å². The highest BCUT2D eigenvalue weighted by Gasteiger charge is 2.32. The fraction of sp³-hybridized carbons (Fsp3) is 0.400. The van der Waals surface area contributed by atoms with Crippen molar-refractivity contribution in [2.24, 2.45) is 5.92 Å². The molecule has 0 bridgehead atoms. The third-order valence-electron chi connectivity index (χ3n) is 3.86.